The van der Waals surface area contributed by atoms with E-state index in [0.29, 0.717) is 27.6 Å². The molecule has 5 rings (SSSR count). The smallest absolute Gasteiger partial charge is 0.349 e. The van der Waals surface area contributed by atoms with Crippen LogP contribution in [0.3, 0.4) is 0 Å². The monoisotopic (exact) mass is 530 g/mol. The van der Waals surface area contributed by atoms with Crippen LogP contribution in [0.5, 0.6) is 0 Å². The summed E-state index contributed by atoms with van der Waals surface area (Å²) in [5, 5.41) is 16.3. The second kappa shape index (κ2) is 9.98. The number of carbonyl (C=O) groups is 1. The maximum atomic E-state index is 13.6. The van der Waals surface area contributed by atoms with Gasteiger partial charge in [-0.2, -0.15) is 0 Å². The maximum Gasteiger partial charge on any atom is 0.349 e. The summed E-state index contributed by atoms with van der Waals surface area (Å²) in [6.45, 7) is 1.05. The zero-order chi connectivity index (χ0) is 24.6. The van der Waals surface area contributed by atoms with E-state index in [9.17, 15) is 9.90 Å². The van der Waals surface area contributed by atoms with Crippen molar-refractivity contribution in [2.75, 3.05) is 20.6 Å². The molecule has 0 spiro atoms. The van der Waals surface area contributed by atoms with Crippen LogP contribution in [0.4, 0.5) is 0 Å². The number of fused-ring (bicyclic) bond motifs is 2. The average molecular weight is 531 g/mol. The van der Waals surface area contributed by atoms with E-state index in [4.69, 9.17) is 16.3 Å². The number of aryl methyl sites for hydroxylation is 1. The fourth-order valence-electron chi connectivity index (χ4n) is 6.26. The van der Waals surface area contributed by atoms with Crippen LogP contribution in [0.25, 0.3) is 0 Å². The van der Waals surface area contributed by atoms with Gasteiger partial charge in [-0.25, -0.2) is 4.79 Å². The molecule has 2 aliphatic carbocycles. The number of aliphatic hydroxyl groups is 1. The number of nitrogens with zero attached hydrogens (tertiary/aromatic N) is 1. The lowest BCUT2D eigenvalue weighted by atomic mass is 9.92. The molecule has 0 amide bonds. The number of hydrogen-bond donors (Lipinski definition) is 1. The lowest BCUT2D eigenvalue weighted by molar-refractivity contribution is -0.918. The number of esters is 1. The van der Waals surface area contributed by atoms with Crippen LogP contribution in [-0.2, 0) is 21.6 Å². The molecule has 4 atom stereocenters. The minimum atomic E-state index is -1.74. The van der Waals surface area contributed by atoms with E-state index >= 15 is 0 Å². The summed E-state index contributed by atoms with van der Waals surface area (Å²) < 4.78 is 7.14. The summed E-state index contributed by atoms with van der Waals surface area (Å²) in [4.78, 5) is 14.8. The van der Waals surface area contributed by atoms with Crippen molar-refractivity contribution in [2.24, 2.45) is 11.8 Å². The van der Waals surface area contributed by atoms with Crippen molar-refractivity contribution >= 4 is 40.2 Å². The molecule has 0 saturated heterocycles. The third-order valence-corrected chi connectivity index (χ3v) is 10.5. The van der Waals surface area contributed by atoms with Gasteiger partial charge in [0.25, 0.3) is 0 Å². The number of quaternary nitrogens is 1. The van der Waals surface area contributed by atoms with Crippen LogP contribution in [0, 0.1) is 11.8 Å². The largest absolute Gasteiger partial charge is 0.459 e. The van der Waals surface area contributed by atoms with E-state index in [-0.39, 0.29) is 6.10 Å². The van der Waals surface area contributed by atoms with Gasteiger partial charge in [-0.15, -0.1) is 22.7 Å². The van der Waals surface area contributed by atoms with Gasteiger partial charge in [-0.1, -0.05) is 41.9 Å². The highest BCUT2D eigenvalue weighted by Gasteiger charge is 2.57. The molecule has 2 fully saturated rings. The van der Waals surface area contributed by atoms with Crippen LogP contribution in [0.15, 0.2) is 59.3 Å². The van der Waals surface area contributed by atoms with Gasteiger partial charge in [0.2, 0.25) is 5.60 Å². The van der Waals surface area contributed by atoms with Gasteiger partial charge in [-0.05, 0) is 53.8 Å². The molecule has 7 heteroatoms. The van der Waals surface area contributed by atoms with Crippen LogP contribution < -0.4 is 0 Å². The third kappa shape index (κ3) is 4.72. The molecule has 3 aromatic rings. The first-order valence-corrected chi connectivity index (χ1v) is 14.5. The molecule has 4 unspecified atom stereocenters. The van der Waals surface area contributed by atoms with Crippen LogP contribution in [0.2, 0.25) is 5.02 Å². The first-order valence-electron chi connectivity index (χ1n) is 12.4. The highest BCUT2D eigenvalue weighted by Crippen LogP contribution is 2.51. The molecule has 2 bridgehead atoms. The Labute approximate surface area is 220 Å². The molecule has 186 valence electrons. The van der Waals surface area contributed by atoms with E-state index in [2.05, 4.69) is 20.2 Å². The highest BCUT2D eigenvalue weighted by atomic mass is 35.5. The number of rotatable bonds is 9. The van der Waals surface area contributed by atoms with Gasteiger partial charge in [0, 0.05) is 29.7 Å². The molecule has 2 heterocycles. The van der Waals surface area contributed by atoms with Gasteiger partial charge in [0.15, 0.2) is 0 Å². The standard InChI is InChI=1S/C28H33ClNO3S2/c1-30(2,15-5-9-19-8-3-4-10-22(19)29)23-18-20-13-14-21(23)26(20)33-27(31)28(32,24-11-6-16-34-24)25-12-7-17-35-25/h3-4,6-8,10-12,16-17,20-21,23,26,32H,5,9,13-15,18H2,1-2H3/q+1. The Bertz CT molecular complexity index is 1110. The Kier molecular flexibility index (Phi) is 7.12. The number of halogens is 1. The Hall–Kier alpha value is -1.70. The molecule has 2 aromatic heterocycles. The average Bonchev–Trinajstić information content (AvgIpc) is 3.65. The number of ether oxygens (including phenoxy) is 1. The second-order valence-corrected chi connectivity index (χ2v) is 12.8. The molecule has 0 aliphatic heterocycles. The zero-order valence-corrected chi connectivity index (χ0v) is 22.6. The molecule has 0 radical (unpaired) electrons. The van der Waals surface area contributed by atoms with Crippen molar-refractivity contribution in [3.05, 3.63) is 79.6 Å². The Morgan fingerprint density at radius 2 is 1.77 bits per heavy atom. The van der Waals surface area contributed by atoms with Crippen LogP contribution >= 0.6 is 34.3 Å². The minimum Gasteiger partial charge on any atom is -0.459 e. The van der Waals surface area contributed by atoms with Gasteiger partial charge in [0.05, 0.1) is 36.4 Å². The lowest BCUT2D eigenvalue weighted by Gasteiger charge is -2.40. The SMILES string of the molecule is C[N+](C)(CCCc1ccccc1Cl)C1CC2CCC1C2OC(=O)C(O)(c1cccs1)c1cccs1. The van der Waals surface area contributed by atoms with E-state index in [1.54, 1.807) is 0 Å². The van der Waals surface area contributed by atoms with Gasteiger partial charge >= 0.3 is 5.97 Å². The molecule has 1 aromatic carbocycles. The number of carbonyl (C=O) groups excluding carboxylic acids is 1. The van der Waals surface area contributed by atoms with Gasteiger partial charge in [-0.3, -0.25) is 0 Å². The van der Waals surface area contributed by atoms with Crippen molar-refractivity contribution < 1.29 is 19.1 Å². The minimum absolute atomic E-state index is 0.125. The fraction of sp³-hybridized carbons (Fsp3) is 0.464. The summed E-state index contributed by atoms with van der Waals surface area (Å²) in [6.07, 6.45) is 5.14. The number of thiophene rings is 2. The van der Waals surface area contributed by atoms with Crippen molar-refractivity contribution in [3.8, 4) is 0 Å². The van der Waals surface area contributed by atoms with E-state index in [1.807, 2.05) is 53.2 Å². The highest BCUT2D eigenvalue weighted by molar-refractivity contribution is 7.12. The van der Waals surface area contributed by atoms with Crippen molar-refractivity contribution in [2.45, 2.75) is 49.9 Å². The fourth-order valence-corrected chi connectivity index (χ4v) is 8.21. The molecule has 35 heavy (non-hydrogen) atoms. The first-order chi connectivity index (χ1) is 16.8. The molecule has 2 saturated carbocycles. The molecular weight excluding hydrogens is 498 g/mol. The first kappa shape index (κ1) is 25.0. The zero-order valence-electron chi connectivity index (χ0n) is 20.2. The van der Waals surface area contributed by atoms with E-state index in [0.717, 1.165) is 48.2 Å². The summed E-state index contributed by atoms with van der Waals surface area (Å²) in [5.74, 6) is 0.162. The summed E-state index contributed by atoms with van der Waals surface area (Å²) >= 11 is 9.13. The lowest BCUT2D eigenvalue weighted by Crippen LogP contribution is -2.52. The predicted octanol–water partition coefficient (Wildman–Crippen LogP) is 6.12. The summed E-state index contributed by atoms with van der Waals surface area (Å²) in [7, 11) is 4.62. The third-order valence-electron chi connectivity index (χ3n) is 8.13. The summed E-state index contributed by atoms with van der Waals surface area (Å²) in [6, 6.07) is 15.9. The topological polar surface area (TPSA) is 46.5 Å². The van der Waals surface area contributed by atoms with Gasteiger partial charge in [0.1, 0.15) is 6.10 Å². The van der Waals surface area contributed by atoms with Crippen molar-refractivity contribution in [3.63, 3.8) is 0 Å². The Morgan fingerprint density at radius 3 is 2.40 bits per heavy atom. The van der Waals surface area contributed by atoms with Crippen molar-refractivity contribution in [1.82, 2.24) is 0 Å². The Balaban J connectivity index is 1.27. The van der Waals surface area contributed by atoms with Crippen LogP contribution in [0.1, 0.15) is 41.0 Å². The second-order valence-electron chi connectivity index (χ2n) is 10.5. The van der Waals surface area contributed by atoms with Crippen LogP contribution in [-0.4, -0.2) is 48.3 Å². The number of hydrogen-bond acceptors (Lipinski definition) is 5. The quantitative estimate of drug-likeness (QED) is 0.268. The normalized spacial score (nSPS) is 24.1. The molecule has 4 nitrogen and oxygen atoms in total. The van der Waals surface area contributed by atoms with Gasteiger partial charge < -0.3 is 14.3 Å². The van der Waals surface area contributed by atoms with E-state index in [1.165, 1.54) is 28.2 Å². The van der Waals surface area contributed by atoms with Crippen molar-refractivity contribution in [1.29, 1.82) is 0 Å². The Morgan fingerprint density at radius 1 is 1.09 bits per heavy atom. The number of benzene rings is 1. The molecular formula is C28H33ClNO3S2+. The molecule has 2 aliphatic rings. The summed E-state index contributed by atoms with van der Waals surface area (Å²) in [5.41, 5.74) is -0.533. The van der Waals surface area contributed by atoms with E-state index < -0.39 is 11.6 Å². The molecule has 1 N–H and O–H groups in total. The maximum absolute atomic E-state index is 13.6. The predicted molar refractivity (Wildman–Crippen MR) is 143 cm³/mol.